The zero-order chi connectivity index (χ0) is 14.0. The minimum Gasteiger partial charge on any atom is -0.309 e. The third-order valence-corrected chi connectivity index (χ3v) is 3.51. The smallest absolute Gasteiger partial charge is 0.123 e. The van der Waals surface area contributed by atoms with Gasteiger partial charge >= 0.3 is 0 Å². The minimum absolute atomic E-state index is 0.0977. The van der Waals surface area contributed by atoms with Gasteiger partial charge in [0, 0.05) is 0 Å². The molecule has 1 N–H and O–H groups in total. The fourth-order valence-corrected chi connectivity index (χ4v) is 2.70. The van der Waals surface area contributed by atoms with E-state index in [2.05, 4.69) is 36.5 Å². The molecular weight excluding hydrogens is 237 g/mol. The van der Waals surface area contributed by atoms with Crippen LogP contribution in [0.1, 0.15) is 33.9 Å². The highest BCUT2D eigenvalue weighted by Gasteiger charge is 2.17. The number of hydrogen-bond acceptors (Lipinski definition) is 1. The molecule has 0 saturated carbocycles. The average Bonchev–Trinajstić information content (AvgIpc) is 2.33. The fourth-order valence-electron chi connectivity index (χ4n) is 2.70. The highest BCUT2D eigenvalue weighted by molar-refractivity contribution is 5.43. The predicted octanol–water partition coefficient (Wildman–Crippen LogP) is 4.06. The molecule has 0 amide bonds. The summed E-state index contributed by atoms with van der Waals surface area (Å²) >= 11 is 0. The Balaban J connectivity index is 2.54. The SMILES string of the molecule is CNC(c1cccc(C)c1)c1c(C)cc(F)cc1C. The fraction of sp³-hybridized carbons (Fsp3) is 0.294. The largest absolute Gasteiger partial charge is 0.309 e. The molecule has 2 aromatic rings. The van der Waals surface area contributed by atoms with E-state index in [1.54, 1.807) is 12.1 Å². The first-order valence-electron chi connectivity index (χ1n) is 6.53. The molecule has 0 spiro atoms. The normalized spacial score (nSPS) is 12.5. The summed E-state index contributed by atoms with van der Waals surface area (Å²) in [7, 11) is 1.94. The molecule has 0 saturated heterocycles. The van der Waals surface area contributed by atoms with Gasteiger partial charge in [-0.1, -0.05) is 29.8 Å². The Morgan fingerprint density at radius 1 is 1.00 bits per heavy atom. The first kappa shape index (κ1) is 13.8. The summed E-state index contributed by atoms with van der Waals surface area (Å²) in [5.41, 5.74) is 5.57. The molecule has 1 atom stereocenters. The standard InChI is InChI=1S/C17H20FN/c1-11-6-5-7-14(8-11)17(19-4)16-12(2)9-15(18)10-13(16)3/h5-10,17,19H,1-4H3. The number of hydrogen-bond donors (Lipinski definition) is 1. The number of rotatable bonds is 3. The Morgan fingerprint density at radius 3 is 2.16 bits per heavy atom. The summed E-state index contributed by atoms with van der Waals surface area (Å²) in [6, 6.07) is 11.7. The lowest BCUT2D eigenvalue weighted by Gasteiger charge is -2.22. The van der Waals surface area contributed by atoms with E-state index in [-0.39, 0.29) is 11.9 Å². The molecule has 100 valence electrons. The lowest BCUT2D eigenvalue weighted by molar-refractivity contribution is 0.618. The highest BCUT2D eigenvalue weighted by Crippen LogP contribution is 2.28. The molecule has 0 heterocycles. The highest BCUT2D eigenvalue weighted by atomic mass is 19.1. The average molecular weight is 257 g/mol. The van der Waals surface area contributed by atoms with Gasteiger partial charge in [0.2, 0.25) is 0 Å². The Kier molecular flexibility index (Phi) is 4.01. The van der Waals surface area contributed by atoms with Crippen LogP contribution in [0.25, 0.3) is 0 Å². The van der Waals surface area contributed by atoms with Crippen LogP contribution in [-0.2, 0) is 0 Å². The third kappa shape index (κ3) is 2.85. The second-order valence-corrected chi connectivity index (χ2v) is 5.09. The van der Waals surface area contributed by atoms with Gasteiger partial charge in [0.15, 0.2) is 0 Å². The molecular formula is C17H20FN. The molecule has 0 radical (unpaired) electrons. The molecule has 1 nitrogen and oxygen atoms in total. The van der Waals surface area contributed by atoms with Crippen molar-refractivity contribution in [1.82, 2.24) is 5.32 Å². The molecule has 0 aliphatic heterocycles. The summed E-state index contributed by atoms with van der Waals surface area (Å²) in [5, 5.41) is 3.34. The van der Waals surface area contributed by atoms with Crippen molar-refractivity contribution in [2.45, 2.75) is 26.8 Å². The lowest BCUT2D eigenvalue weighted by Crippen LogP contribution is -2.20. The Hall–Kier alpha value is -1.67. The van der Waals surface area contributed by atoms with Crippen molar-refractivity contribution in [3.8, 4) is 0 Å². The van der Waals surface area contributed by atoms with Crippen molar-refractivity contribution in [2.75, 3.05) is 7.05 Å². The molecule has 0 aromatic heterocycles. The summed E-state index contributed by atoms with van der Waals surface area (Å²) in [6.07, 6.45) is 0. The van der Waals surface area contributed by atoms with Crippen LogP contribution in [0.3, 0.4) is 0 Å². The van der Waals surface area contributed by atoms with Gasteiger partial charge in [-0.2, -0.15) is 0 Å². The molecule has 0 fully saturated rings. The van der Waals surface area contributed by atoms with Crippen LogP contribution in [0.2, 0.25) is 0 Å². The second kappa shape index (κ2) is 5.54. The zero-order valence-electron chi connectivity index (χ0n) is 11.9. The summed E-state index contributed by atoms with van der Waals surface area (Å²) in [5.74, 6) is -0.169. The van der Waals surface area contributed by atoms with Gasteiger partial charge in [-0.15, -0.1) is 0 Å². The van der Waals surface area contributed by atoms with Crippen LogP contribution in [0.15, 0.2) is 36.4 Å². The van der Waals surface area contributed by atoms with E-state index in [1.807, 2.05) is 20.9 Å². The first-order chi connectivity index (χ1) is 9.02. The van der Waals surface area contributed by atoms with E-state index in [0.717, 1.165) is 16.7 Å². The van der Waals surface area contributed by atoms with Gasteiger partial charge in [0.1, 0.15) is 5.82 Å². The third-order valence-electron chi connectivity index (χ3n) is 3.51. The molecule has 1 unspecified atom stereocenters. The van der Waals surface area contributed by atoms with E-state index in [4.69, 9.17) is 0 Å². The van der Waals surface area contributed by atoms with Crippen molar-refractivity contribution in [3.63, 3.8) is 0 Å². The van der Waals surface area contributed by atoms with E-state index in [0.29, 0.717) is 0 Å². The van der Waals surface area contributed by atoms with E-state index in [1.165, 1.54) is 11.1 Å². The maximum absolute atomic E-state index is 13.4. The Labute approximate surface area is 114 Å². The van der Waals surface area contributed by atoms with E-state index < -0.39 is 0 Å². The van der Waals surface area contributed by atoms with Crippen molar-refractivity contribution < 1.29 is 4.39 Å². The number of nitrogens with one attached hydrogen (secondary N) is 1. The lowest BCUT2D eigenvalue weighted by atomic mass is 9.90. The van der Waals surface area contributed by atoms with Gasteiger partial charge < -0.3 is 5.32 Å². The first-order valence-corrected chi connectivity index (χ1v) is 6.53. The minimum atomic E-state index is -0.169. The van der Waals surface area contributed by atoms with Crippen LogP contribution in [0.5, 0.6) is 0 Å². The Bertz CT molecular complexity index is 567. The van der Waals surface area contributed by atoms with Crippen molar-refractivity contribution in [2.24, 2.45) is 0 Å². The zero-order valence-corrected chi connectivity index (χ0v) is 11.9. The van der Waals surface area contributed by atoms with Crippen LogP contribution < -0.4 is 5.32 Å². The summed E-state index contributed by atoms with van der Waals surface area (Å²) in [4.78, 5) is 0. The van der Waals surface area contributed by atoms with Crippen molar-refractivity contribution >= 4 is 0 Å². The number of aryl methyl sites for hydroxylation is 3. The van der Waals surface area contributed by atoms with Gasteiger partial charge in [-0.05, 0) is 62.2 Å². The Morgan fingerprint density at radius 2 is 1.63 bits per heavy atom. The maximum Gasteiger partial charge on any atom is 0.123 e. The van der Waals surface area contributed by atoms with Crippen molar-refractivity contribution in [3.05, 3.63) is 70.0 Å². The molecule has 0 aliphatic carbocycles. The summed E-state index contributed by atoms with van der Waals surface area (Å²) < 4.78 is 13.4. The quantitative estimate of drug-likeness (QED) is 0.874. The molecule has 2 heteroatoms. The van der Waals surface area contributed by atoms with Crippen LogP contribution >= 0.6 is 0 Å². The van der Waals surface area contributed by atoms with Crippen LogP contribution in [0.4, 0.5) is 4.39 Å². The molecule has 2 aromatic carbocycles. The van der Waals surface area contributed by atoms with Crippen molar-refractivity contribution in [1.29, 1.82) is 0 Å². The van der Waals surface area contributed by atoms with E-state index >= 15 is 0 Å². The van der Waals surface area contributed by atoms with Gasteiger partial charge in [-0.3, -0.25) is 0 Å². The topological polar surface area (TPSA) is 12.0 Å². The van der Waals surface area contributed by atoms with Gasteiger partial charge in [-0.25, -0.2) is 4.39 Å². The molecule has 2 rings (SSSR count). The number of halogens is 1. The monoisotopic (exact) mass is 257 g/mol. The van der Waals surface area contributed by atoms with Gasteiger partial charge in [0.25, 0.3) is 0 Å². The predicted molar refractivity (Wildman–Crippen MR) is 78.0 cm³/mol. The number of benzene rings is 2. The molecule has 0 aliphatic rings. The van der Waals surface area contributed by atoms with Crippen LogP contribution in [-0.4, -0.2) is 7.05 Å². The van der Waals surface area contributed by atoms with Crippen LogP contribution in [0, 0.1) is 26.6 Å². The summed E-state index contributed by atoms with van der Waals surface area (Å²) in [6.45, 7) is 6.01. The maximum atomic E-state index is 13.4. The second-order valence-electron chi connectivity index (χ2n) is 5.09. The molecule has 0 bridgehead atoms. The van der Waals surface area contributed by atoms with E-state index in [9.17, 15) is 4.39 Å². The van der Waals surface area contributed by atoms with Gasteiger partial charge in [0.05, 0.1) is 6.04 Å². The molecule has 19 heavy (non-hydrogen) atoms.